The SMILES string of the molecule is CCC(C)C=CC(C)CCO. The molecule has 0 saturated carbocycles. The second kappa shape index (κ2) is 6.41. The van der Waals surface area contributed by atoms with Gasteiger partial charge in [0, 0.05) is 6.61 Å². The molecule has 66 valence electrons. The summed E-state index contributed by atoms with van der Waals surface area (Å²) < 4.78 is 0. The minimum Gasteiger partial charge on any atom is -0.396 e. The van der Waals surface area contributed by atoms with Crippen LogP contribution < -0.4 is 0 Å². The summed E-state index contributed by atoms with van der Waals surface area (Å²) in [5, 5.41) is 8.63. The normalized spacial score (nSPS) is 17.1. The van der Waals surface area contributed by atoms with Crippen molar-refractivity contribution < 1.29 is 5.11 Å². The van der Waals surface area contributed by atoms with Crippen molar-refractivity contribution in [3.05, 3.63) is 12.2 Å². The van der Waals surface area contributed by atoms with E-state index in [1.54, 1.807) is 0 Å². The Hall–Kier alpha value is -0.300. The van der Waals surface area contributed by atoms with Crippen LogP contribution >= 0.6 is 0 Å². The van der Waals surface area contributed by atoms with Gasteiger partial charge in [0.15, 0.2) is 0 Å². The predicted octanol–water partition coefficient (Wildman–Crippen LogP) is 2.61. The highest BCUT2D eigenvalue weighted by molar-refractivity contribution is 4.89. The molecule has 11 heavy (non-hydrogen) atoms. The topological polar surface area (TPSA) is 20.2 Å². The van der Waals surface area contributed by atoms with Gasteiger partial charge in [-0.1, -0.05) is 39.3 Å². The van der Waals surface area contributed by atoms with E-state index in [1.165, 1.54) is 6.42 Å². The highest BCUT2D eigenvalue weighted by Crippen LogP contribution is 2.07. The molecule has 2 atom stereocenters. The Bertz CT molecular complexity index is 107. The molecule has 0 rings (SSSR count). The molecule has 2 unspecified atom stereocenters. The van der Waals surface area contributed by atoms with Crippen molar-refractivity contribution in [1.29, 1.82) is 0 Å². The van der Waals surface area contributed by atoms with Crippen molar-refractivity contribution in [2.24, 2.45) is 11.8 Å². The van der Waals surface area contributed by atoms with Crippen molar-refractivity contribution in [2.75, 3.05) is 6.61 Å². The van der Waals surface area contributed by atoms with Gasteiger partial charge < -0.3 is 5.11 Å². The number of hydrogen-bond acceptors (Lipinski definition) is 1. The van der Waals surface area contributed by atoms with Gasteiger partial charge >= 0.3 is 0 Å². The Labute approximate surface area is 70.1 Å². The van der Waals surface area contributed by atoms with E-state index >= 15 is 0 Å². The maximum atomic E-state index is 8.63. The van der Waals surface area contributed by atoms with Gasteiger partial charge in [0.05, 0.1) is 0 Å². The van der Waals surface area contributed by atoms with Crippen molar-refractivity contribution in [1.82, 2.24) is 0 Å². The molecule has 0 aromatic rings. The fraction of sp³-hybridized carbons (Fsp3) is 0.800. The molecule has 0 amide bonds. The van der Waals surface area contributed by atoms with Crippen molar-refractivity contribution in [3.63, 3.8) is 0 Å². The lowest BCUT2D eigenvalue weighted by molar-refractivity contribution is 0.274. The second-order valence-electron chi connectivity index (χ2n) is 3.26. The van der Waals surface area contributed by atoms with Crippen LogP contribution in [0.4, 0.5) is 0 Å². The zero-order valence-corrected chi connectivity index (χ0v) is 7.88. The quantitative estimate of drug-likeness (QED) is 0.607. The molecule has 1 heteroatoms. The Morgan fingerprint density at radius 2 is 1.73 bits per heavy atom. The molecule has 0 aliphatic rings. The fourth-order valence-electron chi connectivity index (χ4n) is 0.815. The van der Waals surface area contributed by atoms with Crippen LogP contribution in [-0.4, -0.2) is 11.7 Å². The molecule has 0 radical (unpaired) electrons. The summed E-state index contributed by atoms with van der Waals surface area (Å²) in [5.74, 6) is 1.20. The van der Waals surface area contributed by atoms with E-state index in [-0.39, 0.29) is 0 Å². The lowest BCUT2D eigenvalue weighted by Crippen LogP contribution is -1.94. The third-order valence-electron chi connectivity index (χ3n) is 2.00. The van der Waals surface area contributed by atoms with Crippen molar-refractivity contribution in [3.8, 4) is 0 Å². The van der Waals surface area contributed by atoms with E-state index in [9.17, 15) is 0 Å². The molecule has 1 N–H and O–H groups in total. The first kappa shape index (κ1) is 10.7. The molecule has 1 nitrogen and oxygen atoms in total. The molecular weight excluding hydrogens is 136 g/mol. The molecule has 0 bridgehead atoms. The van der Waals surface area contributed by atoms with Crippen LogP contribution in [0.1, 0.15) is 33.6 Å². The Balaban J connectivity index is 3.54. The predicted molar refractivity (Wildman–Crippen MR) is 49.5 cm³/mol. The average Bonchev–Trinajstić information content (AvgIpc) is 2.01. The van der Waals surface area contributed by atoms with Gasteiger partial charge in [-0.2, -0.15) is 0 Å². The molecule has 0 aliphatic heterocycles. The van der Waals surface area contributed by atoms with Crippen LogP contribution in [-0.2, 0) is 0 Å². The summed E-state index contributed by atoms with van der Waals surface area (Å²) in [6.45, 7) is 6.83. The third kappa shape index (κ3) is 6.11. The van der Waals surface area contributed by atoms with E-state index in [1.807, 2.05) is 0 Å². The molecule has 0 fully saturated rings. The van der Waals surface area contributed by atoms with Gasteiger partial charge in [-0.3, -0.25) is 0 Å². The van der Waals surface area contributed by atoms with Crippen LogP contribution in [0.2, 0.25) is 0 Å². The van der Waals surface area contributed by atoms with Crippen LogP contribution in [0.5, 0.6) is 0 Å². The Kier molecular flexibility index (Phi) is 6.24. The van der Waals surface area contributed by atoms with Gasteiger partial charge in [0.2, 0.25) is 0 Å². The minimum atomic E-state index is 0.298. The second-order valence-corrected chi connectivity index (χ2v) is 3.26. The number of rotatable bonds is 5. The fourth-order valence-corrected chi connectivity index (χ4v) is 0.815. The van der Waals surface area contributed by atoms with Crippen LogP contribution in [0.3, 0.4) is 0 Å². The van der Waals surface area contributed by atoms with Gasteiger partial charge in [0.1, 0.15) is 0 Å². The summed E-state index contributed by atoms with van der Waals surface area (Å²) >= 11 is 0. The first-order valence-electron chi connectivity index (χ1n) is 4.49. The maximum absolute atomic E-state index is 8.63. The average molecular weight is 156 g/mol. The van der Waals surface area contributed by atoms with Gasteiger partial charge in [-0.25, -0.2) is 0 Å². The standard InChI is InChI=1S/C10H20O/c1-4-9(2)5-6-10(3)7-8-11/h5-6,9-11H,4,7-8H2,1-3H3. The summed E-state index contributed by atoms with van der Waals surface area (Å²) in [6, 6.07) is 0. The smallest absolute Gasteiger partial charge is 0.0436 e. The van der Waals surface area contributed by atoms with Crippen LogP contribution in [0.25, 0.3) is 0 Å². The summed E-state index contributed by atoms with van der Waals surface area (Å²) in [5.41, 5.74) is 0. The highest BCUT2D eigenvalue weighted by Gasteiger charge is 1.96. The van der Waals surface area contributed by atoms with Crippen LogP contribution in [0, 0.1) is 11.8 Å². The highest BCUT2D eigenvalue weighted by atomic mass is 16.2. The van der Waals surface area contributed by atoms with Gasteiger partial charge in [-0.15, -0.1) is 0 Å². The van der Waals surface area contributed by atoms with Crippen molar-refractivity contribution in [2.45, 2.75) is 33.6 Å². The number of allylic oxidation sites excluding steroid dienone is 2. The van der Waals surface area contributed by atoms with E-state index in [4.69, 9.17) is 5.11 Å². The maximum Gasteiger partial charge on any atom is 0.0436 e. The largest absolute Gasteiger partial charge is 0.396 e. The Morgan fingerprint density at radius 3 is 2.18 bits per heavy atom. The number of aliphatic hydroxyl groups is 1. The molecule has 0 aromatic heterocycles. The van der Waals surface area contributed by atoms with Crippen molar-refractivity contribution >= 4 is 0 Å². The first-order valence-corrected chi connectivity index (χ1v) is 4.49. The summed E-state index contributed by atoms with van der Waals surface area (Å²) in [7, 11) is 0. The monoisotopic (exact) mass is 156 g/mol. The summed E-state index contributed by atoms with van der Waals surface area (Å²) in [6.07, 6.45) is 6.51. The van der Waals surface area contributed by atoms with E-state index in [0.29, 0.717) is 18.4 Å². The van der Waals surface area contributed by atoms with E-state index in [2.05, 4.69) is 32.9 Å². The zero-order chi connectivity index (χ0) is 8.69. The number of aliphatic hydroxyl groups excluding tert-OH is 1. The van der Waals surface area contributed by atoms with Gasteiger partial charge in [-0.05, 0) is 18.3 Å². The van der Waals surface area contributed by atoms with E-state index < -0.39 is 0 Å². The van der Waals surface area contributed by atoms with Crippen LogP contribution in [0.15, 0.2) is 12.2 Å². The van der Waals surface area contributed by atoms with Gasteiger partial charge in [0.25, 0.3) is 0 Å². The summed E-state index contributed by atoms with van der Waals surface area (Å²) in [4.78, 5) is 0. The molecule has 0 spiro atoms. The lowest BCUT2D eigenvalue weighted by atomic mass is 10.0. The number of hydrogen-bond donors (Lipinski definition) is 1. The molecule has 0 aromatic carbocycles. The lowest BCUT2D eigenvalue weighted by Gasteiger charge is -2.04. The molecule has 0 heterocycles. The molecule has 0 aliphatic carbocycles. The van der Waals surface area contributed by atoms with E-state index in [0.717, 1.165) is 6.42 Å². The molecular formula is C10H20O. The Morgan fingerprint density at radius 1 is 1.18 bits per heavy atom. The first-order chi connectivity index (χ1) is 5.20. The molecule has 0 saturated heterocycles. The minimum absolute atomic E-state index is 0.298. The zero-order valence-electron chi connectivity index (χ0n) is 7.88. The third-order valence-corrected chi connectivity index (χ3v) is 2.00.